The van der Waals surface area contributed by atoms with Gasteiger partial charge in [-0.3, -0.25) is 0 Å². The van der Waals surface area contributed by atoms with Gasteiger partial charge in [0.15, 0.2) is 0 Å². The van der Waals surface area contributed by atoms with Gasteiger partial charge in [0.25, 0.3) is 0 Å². The predicted molar refractivity (Wildman–Crippen MR) is 60.5 cm³/mol. The molecule has 15 heavy (non-hydrogen) atoms. The van der Waals surface area contributed by atoms with E-state index in [1.807, 2.05) is 20.8 Å². The van der Waals surface area contributed by atoms with Gasteiger partial charge in [-0.2, -0.15) is 0 Å². The van der Waals surface area contributed by atoms with Crippen molar-refractivity contribution in [3.63, 3.8) is 0 Å². The van der Waals surface area contributed by atoms with E-state index in [0.717, 1.165) is 19.3 Å². The third kappa shape index (κ3) is 5.45. The van der Waals surface area contributed by atoms with Gasteiger partial charge in [-0.25, -0.2) is 4.79 Å². The normalized spacial score (nSPS) is 12.0. The number of hydrogen-bond acceptors (Lipinski definition) is 3. The van der Waals surface area contributed by atoms with Crippen molar-refractivity contribution < 1.29 is 14.3 Å². The summed E-state index contributed by atoms with van der Waals surface area (Å²) in [6.07, 6.45) is 2.78. The fraction of sp³-hybridized carbons (Fsp3) is 0.750. The maximum absolute atomic E-state index is 11.6. The molecule has 0 aromatic carbocycles. The number of rotatable bonds is 7. The number of allylic oxidation sites excluding steroid dienone is 1. The molecule has 88 valence electrons. The zero-order chi connectivity index (χ0) is 11.7. The van der Waals surface area contributed by atoms with Crippen LogP contribution in [0.1, 0.15) is 47.0 Å². The number of esters is 1. The molecule has 0 unspecified atom stereocenters. The molecule has 3 nitrogen and oxygen atoms in total. The fourth-order valence-corrected chi connectivity index (χ4v) is 1.30. The maximum Gasteiger partial charge on any atom is 0.337 e. The lowest BCUT2D eigenvalue weighted by Crippen LogP contribution is -2.11. The molecule has 0 radical (unpaired) electrons. The van der Waals surface area contributed by atoms with E-state index in [2.05, 4.69) is 6.92 Å². The van der Waals surface area contributed by atoms with Gasteiger partial charge in [0, 0.05) is 0 Å². The third-order valence-corrected chi connectivity index (χ3v) is 2.09. The van der Waals surface area contributed by atoms with Crippen LogP contribution in [0, 0.1) is 0 Å². The van der Waals surface area contributed by atoms with E-state index in [9.17, 15) is 4.79 Å². The monoisotopic (exact) mass is 214 g/mol. The molecule has 0 amide bonds. The summed E-state index contributed by atoms with van der Waals surface area (Å²) in [4.78, 5) is 11.6. The van der Waals surface area contributed by atoms with Gasteiger partial charge in [0.1, 0.15) is 5.76 Å². The molecule has 0 aromatic heterocycles. The number of carbonyl (C=O) groups excluding carboxylic acids is 1. The van der Waals surface area contributed by atoms with Crippen molar-refractivity contribution in [3.05, 3.63) is 11.3 Å². The van der Waals surface area contributed by atoms with Crippen LogP contribution < -0.4 is 0 Å². The highest BCUT2D eigenvalue weighted by atomic mass is 16.5. The van der Waals surface area contributed by atoms with E-state index >= 15 is 0 Å². The molecule has 0 bridgehead atoms. The summed E-state index contributed by atoms with van der Waals surface area (Å²) >= 11 is 0. The van der Waals surface area contributed by atoms with Crippen molar-refractivity contribution in [1.29, 1.82) is 0 Å². The van der Waals surface area contributed by atoms with Crippen LogP contribution in [0.2, 0.25) is 0 Å². The molecule has 0 aliphatic heterocycles. The Balaban J connectivity index is 4.54. The van der Waals surface area contributed by atoms with Crippen molar-refractivity contribution in [1.82, 2.24) is 0 Å². The SMILES string of the molecule is CCCCC(C(=O)OCC)=C(C)OCC. The first-order valence-corrected chi connectivity index (χ1v) is 5.66. The lowest BCUT2D eigenvalue weighted by atomic mass is 10.1. The van der Waals surface area contributed by atoms with Crippen molar-refractivity contribution in [2.75, 3.05) is 13.2 Å². The van der Waals surface area contributed by atoms with Crippen LogP contribution >= 0.6 is 0 Å². The van der Waals surface area contributed by atoms with Gasteiger partial charge in [0.2, 0.25) is 0 Å². The number of ether oxygens (including phenoxy) is 2. The average molecular weight is 214 g/mol. The van der Waals surface area contributed by atoms with E-state index in [4.69, 9.17) is 9.47 Å². The maximum atomic E-state index is 11.6. The quantitative estimate of drug-likeness (QED) is 0.371. The first-order valence-electron chi connectivity index (χ1n) is 5.66. The molecule has 0 aromatic rings. The van der Waals surface area contributed by atoms with Gasteiger partial charge in [-0.1, -0.05) is 13.3 Å². The lowest BCUT2D eigenvalue weighted by Gasteiger charge is -2.11. The number of carbonyl (C=O) groups is 1. The number of unbranched alkanes of at least 4 members (excludes halogenated alkanes) is 1. The largest absolute Gasteiger partial charge is 0.498 e. The van der Waals surface area contributed by atoms with Crippen LogP contribution in [0.3, 0.4) is 0 Å². The zero-order valence-corrected chi connectivity index (χ0v) is 10.3. The van der Waals surface area contributed by atoms with E-state index in [-0.39, 0.29) is 5.97 Å². The Kier molecular flexibility index (Phi) is 7.78. The predicted octanol–water partition coefficient (Wildman–Crippen LogP) is 3.05. The Morgan fingerprint density at radius 3 is 2.13 bits per heavy atom. The van der Waals surface area contributed by atoms with Crippen molar-refractivity contribution in [2.45, 2.75) is 47.0 Å². The van der Waals surface area contributed by atoms with Gasteiger partial charge in [0.05, 0.1) is 18.8 Å². The summed E-state index contributed by atoms with van der Waals surface area (Å²) in [5, 5.41) is 0. The highest BCUT2D eigenvalue weighted by Gasteiger charge is 2.14. The molecule has 0 aliphatic carbocycles. The second-order valence-corrected chi connectivity index (χ2v) is 3.29. The van der Waals surface area contributed by atoms with Crippen LogP contribution in [0.4, 0.5) is 0 Å². The Bertz CT molecular complexity index is 219. The van der Waals surface area contributed by atoms with Crippen LogP contribution in [-0.2, 0) is 14.3 Å². The van der Waals surface area contributed by atoms with Gasteiger partial charge < -0.3 is 9.47 Å². The Morgan fingerprint density at radius 1 is 1.07 bits per heavy atom. The average Bonchev–Trinajstić information content (AvgIpc) is 2.19. The fourth-order valence-electron chi connectivity index (χ4n) is 1.30. The molecule has 0 rings (SSSR count). The second-order valence-electron chi connectivity index (χ2n) is 3.29. The van der Waals surface area contributed by atoms with Gasteiger partial charge in [-0.05, 0) is 33.6 Å². The van der Waals surface area contributed by atoms with E-state index < -0.39 is 0 Å². The summed E-state index contributed by atoms with van der Waals surface area (Å²) < 4.78 is 10.3. The van der Waals surface area contributed by atoms with E-state index in [1.54, 1.807) is 0 Å². The summed E-state index contributed by atoms with van der Waals surface area (Å²) in [5.41, 5.74) is 0.681. The minimum Gasteiger partial charge on any atom is -0.498 e. The highest BCUT2D eigenvalue weighted by molar-refractivity contribution is 5.88. The standard InChI is InChI=1S/C12H22O3/c1-5-8-9-11(10(4)14-6-2)12(13)15-7-3/h5-9H2,1-4H3. The molecule has 3 heteroatoms. The van der Waals surface area contributed by atoms with Crippen LogP contribution in [-0.4, -0.2) is 19.2 Å². The summed E-state index contributed by atoms with van der Waals surface area (Å²) in [7, 11) is 0. The number of hydrogen-bond donors (Lipinski definition) is 0. The molecule has 0 heterocycles. The van der Waals surface area contributed by atoms with Crippen molar-refractivity contribution in [3.8, 4) is 0 Å². The topological polar surface area (TPSA) is 35.5 Å². The first kappa shape index (κ1) is 14.0. The molecule has 0 saturated heterocycles. The van der Waals surface area contributed by atoms with Crippen LogP contribution in [0.25, 0.3) is 0 Å². The Morgan fingerprint density at radius 2 is 1.67 bits per heavy atom. The smallest absolute Gasteiger partial charge is 0.337 e. The van der Waals surface area contributed by atoms with Crippen LogP contribution in [0.5, 0.6) is 0 Å². The molecule has 0 spiro atoms. The molecule has 0 saturated carbocycles. The first-order chi connectivity index (χ1) is 7.17. The van der Waals surface area contributed by atoms with Gasteiger partial charge in [-0.15, -0.1) is 0 Å². The van der Waals surface area contributed by atoms with Crippen molar-refractivity contribution >= 4 is 5.97 Å². The summed E-state index contributed by atoms with van der Waals surface area (Å²) in [6, 6.07) is 0. The zero-order valence-electron chi connectivity index (χ0n) is 10.3. The molecule has 0 N–H and O–H groups in total. The van der Waals surface area contributed by atoms with Crippen LogP contribution in [0.15, 0.2) is 11.3 Å². The molecule has 0 fully saturated rings. The minimum atomic E-state index is -0.239. The van der Waals surface area contributed by atoms with E-state index in [1.165, 1.54) is 0 Å². The summed E-state index contributed by atoms with van der Waals surface area (Å²) in [5.74, 6) is 0.460. The molecule has 0 aliphatic rings. The Hall–Kier alpha value is -0.990. The lowest BCUT2D eigenvalue weighted by molar-refractivity contribution is -0.139. The molecule has 0 atom stereocenters. The summed E-state index contributed by atoms with van der Waals surface area (Å²) in [6.45, 7) is 8.64. The molecular formula is C12H22O3. The van der Waals surface area contributed by atoms with E-state index in [0.29, 0.717) is 24.5 Å². The second kappa shape index (κ2) is 8.33. The minimum absolute atomic E-state index is 0.239. The van der Waals surface area contributed by atoms with Gasteiger partial charge >= 0.3 is 5.97 Å². The third-order valence-electron chi connectivity index (χ3n) is 2.09. The van der Waals surface area contributed by atoms with Crippen molar-refractivity contribution in [2.24, 2.45) is 0 Å². The highest BCUT2D eigenvalue weighted by Crippen LogP contribution is 2.15. The Labute approximate surface area is 92.5 Å². The molecular weight excluding hydrogens is 192 g/mol.